The van der Waals surface area contributed by atoms with Crippen LogP contribution in [0.4, 0.5) is 0 Å². The molecule has 0 spiro atoms. The van der Waals surface area contributed by atoms with Crippen molar-refractivity contribution in [3.05, 3.63) is 57.6 Å². The molecule has 0 unspecified atom stereocenters. The van der Waals surface area contributed by atoms with Crippen LogP contribution in [0.2, 0.25) is 0 Å². The van der Waals surface area contributed by atoms with Gasteiger partial charge in [-0.3, -0.25) is 0 Å². The van der Waals surface area contributed by atoms with Crippen LogP contribution < -0.4 is 0 Å². The second kappa shape index (κ2) is 12.5. The molecule has 2 nitrogen and oxygen atoms in total. The Morgan fingerprint density at radius 1 is 0.606 bits per heavy atom. The van der Waals surface area contributed by atoms with E-state index < -0.39 is 0 Å². The summed E-state index contributed by atoms with van der Waals surface area (Å²) in [5, 5.41) is 20.3. The number of phenols is 2. The molecule has 2 heteroatoms. The molecule has 0 fully saturated rings. The molecule has 0 bridgehead atoms. The van der Waals surface area contributed by atoms with Crippen LogP contribution in [0.15, 0.2) is 24.3 Å². The zero-order valence-corrected chi connectivity index (χ0v) is 23.2. The third-order valence-electron chi connectivity index (χ3n) is 6.19. The van der Waals surface area contributed by atoms with Gasteiger partial charge in [-0.05, 0) is 66.7 Å². The molecule has 0 saturated heterocycles. The van der Waals surface area contributed by atoms with E-state index in [9.17, 15) is 10.2 Å². The summed E-state index contributed by atoms with van der Waals surface area (Å²) in [4.78, 5) is 0. The lowest BCUT2D eigenvalue weighted by atomic mass is 9.78. The molecule has 0 aromatic heterocycles. The maximum absolute atomic E-state index is 10.4. The summed E-state index contributed by atoms with van der Waals surface area (Å²) in [6, 6.07) is 8.34. The molecule has 0 saturated carbocycles. The Hall–Kier alpha value is -1.96. The van der Waals surface area contributed by atoms with Crippen molar-refractivity contribution in [2.75, 3.05) is 0 Å². The first kappa shape index (κ1) is 29.1. The maximum atomic E-state index is 10.4. The minimum atomic E-state index is -0.0178. The molecule has 2 rings (SSSR count). The van der Waals surface area contributed by atoms with Crippen LogP contribution in [-0.4, -0.2) is 10.2 Å². The minimum Gasteiger partial charge on any atom is -0.507 e. The van der Waals surface area contributed by atoms with Crippen molar-refractivity contribution in [1.29, 1.82) is 0 Å². The fourth-order valence-electron chi connectivity index (χ4n) is 4.26. The summed E-state index contributed by atoms with van der Waals surface area (Å²) in [5.41, 5.74) is 6.64. The van der Waals surface area contributed by atoms with Gasteiger partial charge in [-0.1, -0.05) is 116 Å². The Morgan fingerprint density at radius 3 is 1.55 bits per heavy atom. The minimum absolute atomic E-state index is 0.0178. The molecule has 2 aromatic carbocycles. The van der Waals surface area contributed by atoms with Crippen molar-refractivity contribution in [3.8, 4) is 11.5 Å². The van der Waals surface area contributed by atoms with E-state index in [1.165, 1.54) is 49.7 Å². The van der Waals surface area contributed by atoms with E-state index in [1.54, 1.807) is 0 Å². The van der Waals surface area contributed by atoms with Crippen LogP contribution in [0.1, 0.15) is 120 Å². The Balaban J connectivity index is 0.000000331. The van der Waals surface area contributed by atoms with Crippen molar-refractivity contribution >= 4 is 0 Å². The van der Waals surface area contributed by atoms with Gasteiger partial charge in [0.1, 0.15) is 11.5 Å². The van der Waals surface area contributed by atoms with Gasteiger partial charge in [-0.2, -0.15) is 0 Å². The van der Waals surface area contributed by atoms with Crippen LogP contribution in [-0.2, 0) is 17.3 Å². The summed E-state index contributed by atoms with van der Waals surface area (Å²) in [5.74, 6) is 0.967. The smallest absolute Gasteiger partial charge is 0.123 e. The number of hydrogen-bond donors (Lipinski definition) is 2. The van der Waals surface area contributed by atoms with Gasteiger partial charge in [0.25, 0.3) is 0 Å². The third-order valence-corrected chi connectivity index (χ3v) is 6.19. The molecule has 186 valence electrons. The molecular formula is C31H50O2. The van der Waals surface area contributed by atoms with Crippen molar-refractivity contribution in [2.24, 2.45) is 0 Å². The number of rotatable bonds is 7. The molecular weight excluding hydrogens is 404 g/mol. The average molecular weight is 455 g/mol. The quantitative estimate of drug-likeness (QED) is 0.409. The molecule has 0 aliphatic heterocycles. The number of unbranched alkanes of at least 4 members (excludes halogenated alkanes) is 5. The highest BCUT2D eigenvalue weighted by atomic mass is 16.3. The average Bonchev–Trinajstić information content (AvgIpc) is 2.68. The van der Waals surface area contributed by atoms with Gasteiger partial charge < -0.3 is 10.2 Å². The molecule has 0 atom stereocenters. The first-order valence-corrected chi connectivity index (χ1v) is 12.8. The third kappa shape index (κ3) is 9.43. The lowest BCUT2D eigenvalue weighted by Gasteiger charge is -2.27. The van der Waals surface area contributed by atoms with Crippen LogP contribution in [0.25, 0.3) is 0 Å². The summed E-state index contributed by atoms with van der Waals surface area (Å²) >= 11 is 0. The highest BCUT2D eigenvalue weighted by molar-refractivity contribution is 5.49. The highest BCUT2D eigenvalue weighted by Gasteiger charge is 2.25. The molecule has 0 aliphatic carbocycles. The summed E-state index contributed by atoms with van der Waals surface area (Å²) in [6.07, 6.45) is 8.84. The fraction of sp³-hybridized carbons (Fsp3) is 0.613. The number of aromatic hydroxyl groups is 2. The van der Waals surface area contributed by atoms with Crippen LogP contribution in [0.3, 0.4) is 0 Å². The molecule has 0 radical (unpaired) electrons. The van der Waals surface area contributed by atoms with Crippen LogP contribution >= 0.6 is 0 Å². The van der Waals surface area contributed by atoms with Crippen LogP contribution in [0, 0.1) is 20.8 Å². The van der Waals surface area contributed by atoms with E-state index in [-0.39, 0.29) is 10.8 Å². The number of benzene rings is 2. The van der Waals surface area contributed by atoms with Crippen molar-refractivity contribution in [3.63, 3.8) is 0 Å². The Labute approximate surface area is 204 Å². The van der Waals surface area contributed by atoms with Gasteiger partial charge >= 0.3 is 0 Å². The lowest BCUT2D eigenvalue weighted by Crippen LogP contribution is -2.17. The molecule has 0 amide bonds. The van der Waals surface area contributed by atoms with Gasteiger partial charge in [0.2, 0.25) is 0 Å². The van der Waals surface area contributed by atoms with E-state index in [0.717, 1.165) is 28.7 Å². The maximum Gasteiger partial charge on any atom is 0.123 e. The zero-order valence-electron chi connectivity index (χ0n) is 23.2. The monoisotopic (exact) mass is 454 g/mol. The SMILES string of the molecule is CCCCCCCCc1cc(C)cc(C)c1O.Cc1cc(C(C)(C)C)c(O)c(C(C)(C)C)c1. The first-order chi connectivity index (χ1) is 15.2. The largest absolute Gasteiger partial charge is 0.507 e. The van der Waals surface area contributed by atoms with Gasteiger partial charge in [0.05, 0.1) is 0 Å². The molecule has 0 heterocycles. The second-order valence-corrected chi connectivity index (χ2v) is 11.8. The van der Waals surface area contributed by atoms with E-state index >= 15 is 0 Å². The normalized spacial score (nSPS) is 11.8. The Kier molecular flexibility index (Phi) is 11.0. The van der Waals surface area contributed by atoms with E-state index in [1.807, 2.05) is 13.0 Å². The van der Waals surface area contributed by atoms with Gasteiger partial charge in [-0.15, -0.1) is 0 Å². The second-order valence-electron chi connectivity index (χ2n) is 11.8. The highest BCUT2D eigenvalue weighted by Crippen LogP contribution is 2.39. The molecule has 33 heavy (non-hydrogen) atoms. The van der Waals surface area contributed by atoms with Gasteiger partial charge in [0.15, 0.2) is 0 Å². The Morgan fingerprint density at radius 2 is 1.06 bits per heavy atom. The predicted molar refractivity (Wildman–Crippen MR) is 145 cm³/mol. The van der Waals surface area contributed by atoms with Crippen molar-refractivity contribution in [2.45, 2.75) is 125 Å². The first-order valence-electron chi connectivity index (χ1n) is 12.8. The number of phenolic OH excluding ortho intramolecular Hbond substituents is 2. The molecule has 2 N–H and O–H groups in total. The number of aryl methyl sites for hydroxylation is 4. The zero-order chi connectivity index (χ0) is 25.4. The van der Waals surface area contributed by atoms with Gasteiger partial charge in [0, 0.05) is 0 Å². The van der Waals surface area contributed by atoms with E-state index in [2.05, 4.69) is 80.5 Å². The van der Waals surface area contributed by atoms with Crippen molar-refractivity contribution < 1.29 is 10.2 Å². The molecule has 0 aliphatic rings. The lowest BCUT2D eigenvalue weighted by molar-refractivity contribution is 0.423. The summed E-state index contributed by atoms with van der Waals surface area (Å²) in [7, 11) is 0. The predicted octanol–water partition coefficient (Wildman–Crippen LogP) is 9.21. The van der Waals surface area contributed by atoms with Gasteiger partial charge in [-0.25, -0.2) is 0 Å². The van der Waals surface area contributed by atoms with Crippen molar-refractivity contribution in [1.82, 2.24) is 0 Å². The summed E-state index contributed by atoms with van der Waals surface area (Å²) in [6.45, 7) is 21.2. The standard InChI is InChI=1S/C16H26O.C15H24O/c1-4-5-6-7-8-9-10-15-12-13(2)11-14(3)16(15)17;1-10-8-11(14(2,3)4)13(16)12(9-10)15(5,6)7/h11-12,17H,4-10H2,1-3H3;8-9,16H,1-7H3. The number of hydrogen-bond acceptors (Lipinski definition) is 2. The van der Waals surface area contributed by atoms with Crippen LogP contribution in [0.5, 0.6) is 11.5 Å². The van der Waals surface area contributed by atoms with E-state index in [0.29, 0.717) is 11.5 Å². The van der Waals surface area contributed by atoms with E-state index in [4.69, 9.17) is 0 Å². The Bertz CT molecular complexity index is 844. The molecule has 2 aromatic rings. The summed E-state index contributed by atoms with van der Waals surface area (Å²) < 4.78 is 0. The topological polar surface area (TPSA) is 40.5 Å². The fourth-order valence-corrected chi connectivity index (χ4v) is 4.26.